The third-order valence-corrected chi connectivity index (χ3v) is 6.67. The van der Waals surface area contributed by atoms with Crippen molar-refractivity contribution in [2.75, 3.05) is 13.1 Å². The van der Waals surface area contributed by atoms with Gasteiger partial charge in [0.1, 0.15) is 0 Å². The maximum Gasteiger partial charge on any atom is 0.243 e. The van der Waals surface area contributed by atoms with Crippen LogP contribution in [-0.2, 0) is 10.0 Å². The molecular weight excluding hydrogens is 348 g/mol. The number of imidazole rings is 1. The molecule has 1 fully saturated rings. The second kappa shape index (κ2) is 6.48. The van der Waals surface area contributed by atoms with Gasteiger partial charge in [-0.15, -0.1) is 0 Å². The number of sulfonamides is 1. The molecular formula is C19H22N4O2S. The third kappa shape index (κ3) is 3.12. The van der Waals surface area contributed by atoms with Crippen molar-refractivity contribution in [2.24, 2.45) is 11.8 Å². The largest absolute Gasteiger partial charge is 0.291 e. The Hall–Kier alpha value is -2.25. The molecule has 2 aromatic heterocycles. The van der Waals surface area contributed by atoms with E-state index in [0.29, 0.717) is 41.3 Å². The fourth-order valence-electron chi connectivity index (χ4n) is 3.74. The van der Waals surface area contributed by atoms with Crippen molar-refractivity contribution >= 4 is 15.8 Å². The number of nitrogens with zero attached hydrogens (tertiary/aromatic N) is 4. The summed E-state index contributed by atoms with van der Waals surface area (Å²) in [6.45, 7) is 5.38. The average Bonchev–Trinajstić information content (AvgIpc) is 3.05. The highest BCUT2D eigenvalue weighted by atomic mass is 32.2. The molecule has 6 nitrogen and oxygen atoms in total. The van der Waals surface area contributed by atoms with Crippen LogP contribution >= 0.6 is 0 Å². The van der Waals surface area contributed by atoms with Crippen molar-refractivity contribution in [1.82, 2.24) is 18.7 Å². The molecule has 0 aliphatic carbocycles. The first kappa shape index (κ1) is 17.2. The lowest BCUT2D eigenvalue weighted by molar-refractivity contribution is 0.222. The number of aromatic nitrogens is 3. The monoisotopic (exact) mass is 370 g/mol. The van der Waals surface area contributed by atoms with Gasteiger partial charge in [0.05, 0.1) is 10.6 Å². The van der Waals surface area contributed by atoms with Crippen molar-refractivity contribution in [3.63, 3.8) is 0 Å². The molecule has 7 heteroatoms. The van der Waals surface area contributed by atoms with Gasteiger partial charge in [-0.05, 0) is 36.5 Å². The molecule has 4 rings (SSSR count). The van der Waals surface area contributed by atoms with Crippen LogP contribution in [0.15, 0.2) is 53.8 Å². The van der Waals surface area contributed by atoms with Crippen LogP contribution in [0.2, 0.25) is 0 Å². The summed E-state index contributed by atoms with van der Waals surface area (Å²) in [4.78, 5) is 9.02. The first-order chi connectivity index (χ1) is 12.4. The second-order valence-electron chi connectivity index (χ2n) is 7.25. The Labute approximate surface area is 153 Å². The van der Waals surface area contributed by atoms with E-state index in [4.69, 9.17) is 0 Å². The zero-order chi connectivity index (χ0) is 18.3. The first-order valence-electron chi connectivity index (χ1n) is 8.84. The molecule has 3 aromatic rings. The van der Waals surface area contributed by atoms with E-state index in [9.17, 15) is 8.42 Å². The predicted molar refractivity (Wildman–Crippen MR) is 100 cm³/mol. The van der Waals surface area contributed by atoms with Crippen molar-refractivity contribution in [1.29, 1.82) is 0 Å². The van der Waals surface area contributed by atoms with E-state index < -0.39 is 10.0 Å². The summed E-state index contributed by atoms with van der Waals surface area (Å²) >= 11 is 0. The highest BCUT2D eigenvalue weighted by Gasteiger charge is 2.31. The Balaban J connectivity index is 1.70. The molecule has 0 unspecified atom stereocenters. The lowest BCUT2D eigenvalue weighted by atomic mass is 9.94. The molecule has 0 N–H and O–H groups in total. The summed E-state index contributed by atoms with van der Waals surface area (Å²) in [6, 6.07) is 8.86. The number of benzene rings is 1. The van der Waals surface area contributed by atoms with Crippen LogP contribution in [0, 0.1) is 11.8 Å². The lowest BCUT2D eigenvalue weighted by Crippen LogP contribution is -2.42. The minimum Gasteiger partial charge on any atom is -0.291 e. The number of hydrogen-bond donors (Lipinski definition) is 0. The molecule has 1 aliphatic rings. The zero-order valence-corrected chi connectivity index (χ0v) is 15.7. The van der Waals surface area contributed by atoms with Crippen LogP contribution in [-0.4, -0.2) is 40.2 Å². The fraction of sp³-hybridized carbons (Fsp3) is 0.368. The topological polar surface area (TPSA) is 67.6 Å². The van der Waals surface area contributed by atoms with E-state index in [0.717, 1.165) is 12.0 Å². The smallest absolute Gasteiger partial charge is 0.243 e. The summed E-state index contributed by atoms with van der Waals surface area (Å²) in [6.07, 6.45) is 6.49. The Kier molecular flexibility index (Phi) is 4.28. The zero-order valence-electron chi connectivity index (χ0n) is 14.9. The molecule has 136 valence electrons. The molecule has 3 heterocycles. The van der Waals surface area contributed by atoms with Crippen LogP contribution < -0.4 is 0 Å². The van der Waals surface area contributed by atoms with Gasteiger partial charge in [-0.3, -0.25) is 4.40 Å². The number of fused-ring (bicyclic) bond motifs is 1. The van der Waals surface area contributed by atoms with E-state index in [-0.39, 0.29) is 0 Å². The first-order valence-corrected chi connectivity index (χ1v) is 10.3. The fourth-order valence-corrected chi connectivity index (χ4v) is 5.46. The molecule has 1 saturated heterocycles. The van der Waals surface area contributed by atoms with Crippen LogP contribution in [0.4, 0.5) is 0 Å². The van der Waals surface area contributed by atoms with E-state index in [2.05, 4.69) is 23.8 Å². The quantitative estimate of drug-likeness (QED) is 0.711. The van der Waals surface area contributed by atoms with Crippen molar-refractivity contribution in [2.45, 2.75) is 25.2 Å². The van der Waals surface area contributed by atoms with Crippen LogP contribution in [0.25, 0.3) is 17.0 Å². The van der Waals surface area contributed by atoms with E-state index >= 15 is 0 Å². The van der Waals surface area contributed by atoms with Crippen molar-refractivity contribution in [3.05, 3.63) is 48.9 Å². The maximum absolute atomic E-state index is 13.1. The molecule has 1 aromatic carbocycles. The highest BCUT2D eigenvalue weighted by Crippen LogP contribution is 2.28. The minimum absolute atomic E-state index is 0.321. The van der Waals surface area contributed by atoms with Gasteiger partial charge < -0.3 is 0 Å². The summed E-state index contributed by atoms with van der Waals surface area (Å²) in [5.41, 5.74) is 1.48. The summed E-state index contributed by atoms with van der Waals surface area (Å²) < 4.78 is 29.7. The van der Waals surface area contributed by atoms with Gasteiger partial charge in [0.15, 0.2) is 0 Å². The molecule has 2 atom stereocenters. The summed E-state index contributed by atoms with van der Waals surface area (Å²) in [5, 5.41) is 0. The predicted octanol–water partition coefficient (Wildman–Crippen LogP) is 3.06. The molecule has 0 bridgehead atoms. The average molecular weight is 370 g/mol. The van der Waals surface area contributed by atoms with E-state index in [1.807, 2.05) is 28.9 Å². The second-order valence-corrected chi connectivity index (χ2v) is 9.19. The lowest BCUT2D eigenvalue weighted by Gasteiger charge is -2.34. The van der Waals surface area contributed by atoms with E-state index in [1.54, 1.807) is 28.7 Å². The van der Waals surface area contributed by atoms with Gasteiger partial charge in [-0.25, -0.2) is 18.4 Å². The Bertz CT molecular complexity index is 1000. The van der Waals surface area contributed by atoms with Crippen molar-refractivity contribution < 1.29 is 8.42 Å². The van der Waals surface area contributed by atoms with Gasteiger partial charge in [-0.1, -0.05) is 26.0 Å². The van der Waals surface area contributed by atoms with Crippen LogP contribution in [0.5, 0.6) is 0 Å². The molecule has 0 spiro atoms. The Morgan fingerprint density at radius 3 is 2.62 bits per heavy atom. The molecule has 0 radical (unpaired) electrons. The number of hydrogen-bond acceptors (Lipinski definition) is 4. The standard InChI is InChI=1S/C19H22N4O2S/c1-14-9-15(2)12-23(11-14)26(24,25)17-6-3-5-16(10-17)18-13-22-8-4-7-20-19(22)21-18/h3-8,10,13-15H,9,11-12H2,1-2H3/t14-,15-/m1/s1. The SMILES string of the molecule is C[C@@H]1C[C@@H](C)CN(S(=O)(=O)c2cccc(-c3cn4cccnc4n3)c2)C1. The van der Waals surface area contributed by atoms with Crippen LogP contribution in [0.1, 0.15) is 20.3 Å². The third-order valence-electron chi connectivity index (χ3n) is 4.84. The van der Waals surface area contributed by atoms with Gasteiger partial charge in [-0.2, -0.15) is 4.31 Å². The summed E-state index contributed by atoms with van der Waals surface area (Å²) in [5.74, 6) is 1.34. The van der Waals surface area contributed by atoms with Gasteiger partial charge >= 0.3 is 0 Å². The summed E-state index contributed by atoms with van der Waals surface area (Å²) in [7, 11) is -3.51. The van der Waals surface area contributed by atoms with Crippen molar-refractivity contribution in [3.8, 4) is 11.3 Å². The Morgan fingerprint density at radius 2 is 1.88 bits per heavy atom. The highest BCUT2D eigenvalue weighted by molar-refractivity contribution is 7.89. The number of rotatable bonds is 3. The normalized spacial score (nSPS) is 21.9. The molecule has 0 saturated carbocycles. The van der Waals surface area contributed by atoms with Gasteiger partial charge in [0, 0.05) is 37.2 Å². The molecule has 1 aliphatic heterocycles. The maximum atomic E-state index is 13.1. The van der Waals surface area contributed by atoms with E-state index in [1.165, 1.54) is 0 Å². The minimum atomic E-state index is -3.51. The molecule has 0 amide bonds. The van der Waals surface area contributed by atoms with Gasteiger partial charge in [0.25, 0.3) is 0 Å². The Morgan fingerprint density at radius 1 is 1.12 bits per heavy atom. The molecule has 26 heavy (non-hydrogen) atoms. The van der Waals surface area contributed by atoms with Gasteiger partial charge in [0.2, 0.25) is 15.8 Å². The number of piperidine rings is 1. The van der Waals surface area contributed by atoms with Crippen LogP contribution in [0.3, 0.4) is 0 Å².